The molecule has 0 saturated carbocycles. The van der Waals surface area contributed by atoms with Crippen LogP contribution in [0.4, 0.5) is 5.69 Å². The summed E-state index contributed by atoms with van der Waals surface area (Å²) in [4.78, 5) is 16.0. The Morgan fingerprint density at radius 3 is 2.95 bits per heavy atom. The van der Waals surface area contributed by atoms with Crippen molar-refractivity contribution < 1.29 is 9.53 Å². The predicted molar refractivity (Wildman–Crippen MR) is 72.8 cm³/mol. The lowest BCUT2D eigenvalue weighted by atomic mass is 10.1. The summed E-state index contributed by atoms with van der Waals surface area (Å²) in [6, 6.07) is 8.66. The number of rotatable bonds is 4. The van der Waals surface area contributed by atoms with E-state index < -0.39 is 0 Å². The summed E-state index contributed by atoms with van der Waals surface area (Å²) >= 11 is 0. The van der Waals surface area contributed by atoms with E-state index in [1.807, 2.05) is 12.1 Å². The van der Waals surface area contributed by atoms with Crippen molar-refractivity contribution in [3.8, 4) is 5.75 Å². The summed E-state index contributed by atoms with van der Waals surface area (Å²) in [7, 11) is 1.51. The van der Waals surface area contributed by atoms with Crippen LogP contribution in [0.2, 0.25) is 0 Å². The maximum atomic E-state index is 12.1. The van der Waals surface area contributed by atoms with E-state index >= 15 is 0 Å². The lowest BCUT2D eigenvalue weighted by Crippen LogP contribution is -2.23. The lowest BCUT2D eigenvalue weighted by molar-refractivity contribution is 0.0948. The van der Waals surface area contributed by atoms with Crippen LogP contribution in [0.5, 0.6) is 5.75 Å². The molecule has 0 bridgehead atoms. The molecule has 0 fully saturated rings. The van der Waals surface area contributed by atoms with Gasteiger partial charge in [-0.3, -0.25) is 9.78 Å². The van der Waals surface area contributed by atoms with E-state index in [-0.39, 0.29) is 5.91 Å². The number of benzene rings is 1. The number of nitrogens with zero attached hydrogens (tertiary/aromatic N) is 1. The number of amides is 1. The fraction of sp³-hybridized carbons (Fsp3) is 0.143. The Balaban J connectivity index is 2.08. The van der Waals surface area contributed by atoms with Crippen molar-refractivity contribution in [2.45, 2.75) is 6.54 Å². The number of aromatic nitrogens is 1. The van der Waals surface area contributed by atoms with E-state index in [0.717, 1.165) is 5.56 Å². The van der Waals surface area contributed by atoms with Crippen LogP contribution in [-0.2, 0) is 6.54 Å². The zero-order valence-corrected chi connectivity index (χ0v) is 10.6. The summed E-state index contributed by atoms with van der Waals surface area (Å²) < 4.78 is 5.15. The van der Waals surface area contributed by atoms with Crippen LogP contribution >= 0.6 is 0 Å². The minimum Gasteiger partial charge on any atom is -0.496 e. The Kier molecular flexibility index (Phi) is 3.97. The molecule has 5 heteroatoms. The van der Waals surface area contributed by atoms with Crippen molar-refractivity contribution in [3.05, 3.63) is 53.9 Å². The molecule has 3 N–H and O–H groups in total. The Hall–Kier alpha value is -2.56. The standard InChI is InChI=1S/C14H15N3O2/c1-19-13-7-11(15)4-5-12(13)14(18)17-9-10-3-2-6-16-8-10/h2-8H,9,15H2,1H3,(H,17,18). The molecule has 5 nitrogen and oxygen atoms in total. The zero-order chi connectivity index (χ0) is 13.7. The molecular weight excluding hydrogens is 242 g/mol. The highest BCUT2D eigenvalue weighted by atomic mass is 16.5. The molecule has 0 atom stereocenters. The number of nitrogen functional groups attached to an aromatic ring is 1. The van der Waals surface area contributed by atoms with Crippen molar-refractivity contribution in [1.82, 2.24) is 10.3 Å². The number of pyridine rings is 1. The largest absolute Gasteiger partial charge is 0.496 e. The summed E-state index contributed by atoms with van der Waals surface area (Å²) in [6.07, 6.45) is 3.40. The van der Waals surface area contributed by atoms with Crippen molar-refractivity contribution in [1.29, 1.82) is 0 Å². The maximum Gasteiger partial charge on any atom is 0.255 e. The van der Waals surface area contributed by atoms with Crippen LogP contribution in [0.1, 0.15) is 15.9 Å². The highest BCUT2D eigenvalue weighted by Gasteiger charge is 2.11. The van der Waals surface area contributed by atoms with Crippen molar-refractivity contribution in [2.24, 2.45) is 0 Å². The van der Waals surface area contributed by atoms with Gasteiger partial charge in [-0.1, -0.05) is 6.07 Å². The second-order valence-corrected chi connectivity index (χ2v) is 4.00. The average Bonchev–Trinajstić information content (AvgIpc) is 2.45. The normalized spacial score (nSPS) is 9.95. The molecule has 0 aliphatic heterocycles. The van der Waals surface area contributed by atoms with Crippen LogP contribution in [0, 0.1) is 0 Å². The second-order valence-electron chi connectivity index (χ2n) is 4.00. The summed E-state index contributed by atoms with van der Waals surface area (Å²) in [5.74, 6) is 0.254. The molecule has 0 radical (unpaired) electrons. The third-order valence-electron chi connectivity index (χ3n) is 2.65. The second kappa shape index (κ2) is 5.86. The van der Waals surface area contributed by atoms with Crippen LogP contribution < -0.4 is 15.8 Å². The smallest absolute Gasteiger partial charge is 0.255 e. The first-order valence-electron chi connectivity index (χ1n) is 5.81. The summed E-state index contributed by atoms with van der Waals surface area (Å²) in [5, 5.41) is 2.81. The minimum atomic E-state index is -0.208. The van der Waals surface area contributed by atoms with Gasteiger partial charge in [0.2, 0.25) is 0 Å². The fourth-order valence-corrected chi connectivity index (χ4v) is 1.68. The van der Waals surface area contributed by atoms with Gasteiger partial charge in [0.05, 0.1) is 12.7 Å². The van der Waals surface area contributed by atoms with Gasteiger partial charge < -0.3 is 15.8 Å². The van der Waals surface area contributed by atoms with Gasteiger partial charge in [-0.25, -0.2) is 0 Å². The van der Waals surface area contributed by atoms with E-state index in [1.54, 1.807) is 30.6 Å². The molecule has 0 spiro atoms. The SMILES string of the molecule is COc1cc(N)ccc1C(=O)NCc1cccnc1. The fourth-order valence-electron chi connectivity index (χ4n) is 1.68. The van der Waals surface area contributed by atoms with E-state index in [4.69, 9.17) is 10.5 Å². The van der Waals surface area contributed by atoms with Crippen molar-refractivity contribution >= 4 is 11.6 Å². The molecule has 2 rings (SSSR count). The van der Waals surface area contributed by atoms with Crippen molar-refractivity contribution in [2.75, 3.05) is 12.8 Å². The molecule has 19 heavy (non-hydrogen) atoms. The van der Waals surface area contributed by atoms with Gasteiger partial charge in [-0.2, -0.15) is 0 Å². The number of ether oxygens (including phenoxy) is 1. The number of carbonyl (C=O) groups excluding carboxylic acids is 1. The van der Waals surface area contributed by atoms with Crippen LogP contribution in [0.3, 0.4) is 0 Å². The van der Waals surface area contributed by atoms with Gasteiger partial charge >= 0.3 is 0 Å². The minimum absolute atomic E-state index is 0.208. The van der Waals surface area contributed by atoms with Crippen LogP contribution in [0.25, 0.3) is 0 Å². The Morgan fingerprint density at radius 2 is 2.26 bits per heavy atom. The van der Waals surface area contributed by atoms with Gasteiger partial charge in [0.25, 0.3) is 5.91 Å². The molecule has 1 aromatic heterocycles. The number of methoxy groups -OCH3 is 1. The third-order valence-corrected chi connectivity index (χ3v) is 2.65. The number of nitrogens with two attached hydrogens (primary N) is 1. The van der Waals surface area contributed by atoms with Gasteiger partial charge in [0.1, 0.15) is 5.75 Å². The van der Waals surface area contributed by atoms with E-state index in [9.17, 15) is 4.79 Å². The number of hydrogen-bond acceptors (Lipinski definition) is 4. The number of anilines is 1. The van der Waals surface area contributed by atoms with Gasteiger partial charge in [0.15, 0.2) is 0 Å². The molecule has 1 aromatic carbocycles. The van der Waals surface area contributed by atoms with E-state index in [2.05, 4.69) is 10.3 Å². The average molecular weight is 257 g/mol. The van der Waals surface area contributed by atoms with Crippen LogP contribution in [-0.4, -0.2) is 18.0 Å². The van der Waals surface area contributed by atoms with Crippen molar-refractivity contribution in [3.63, 3.8) is 0 Å². The molecule has 98 valence electrons. The number of carbonyl (C=O) groups is 1. The highest BCUT2D eigenvalue weighted by molar-refractivity contribution is 5.97. The van der Waals surface area contributed by atoms with E-state index in [1.165, 1.54) is 7.11 Å². The van der Waals surface area contributed by atoms with E-state index in [0.29, 0.717) is 23.5 Å². The molecule has 1 heterocycles. The molecule has 0 saturated heterocycles. The molecule has 0 aliphatic carbocycles. The Bertz CT molecular complexity index is 570. The molecular formula is C14H15N3O2. The molecule has 1 amide bonds. The quantitative estimate of drug-likeness (QED) is 0.816. The topological polar surface area (TPSA) is 77.2 Å². The molecule has 0 aliphatic rings. The van der Waals surface area contributed by atoms with Gasteiger partial charge in [-0.15, -0.1) is 0 Å². The molecule has 0 unspecified atom stereocenters. The molecule has 2 aromatic rings. The highest BCUT2D eigenvalue weighted by Crippen LogP contribution is 2.21. The first kappa shape index (κ1) is 12.9. The summed E-state index contributed by atoms with van der Waals surface area (Å²) in [6.45, 7) is 0.417. The van der Waals surface area contributed by atoms with Crippen LogP contribution in [0.15, 0.2) is 42.7 Å². The summed E-state index contributed by atoms with van der Waals surface area (Å²) in [5.41, 5.74) is 7.60. The number of nitrogens with one attached hydrogen (secondary N) is 1. The predicted octanol–water partition coefficient (Wildman–Crippen LogP) is 1.60. The zero-order valence-electron chi connectivity index (χ0n) is 10.6. The first-order chi connectivity index (χ1) is 9.20. The van der Waals surface area contributed by atoms with Gasteiger partial charge in [-0.05, 0) is 23.8 Å². The third kappa shape index (κ3) is 3.22. The Morgan fingerprint density at radius 1 is 1.42 bits per heavy atom. The number of hydrogen-bond donors (Lipinski definition) is 2. The first-order valence-corrected chi connectivity index (χ1v) is 5.81. The Labute approximate surface area is 111 Å². The maximum absolute atomic E-state index is 12.1. The monoisotopic (exact) mass is 257 g/mol. The lowest BCUT2D eigenvalue weighted by Gasteiger charge is -2.09. The van der Waals surface area contributed by atoms with Gasteiger partial charge in [0, 0.05) is 30.7 Å².